The minimum absolute atomic E-state index is 0. The molecule has 0 amide bonds. The third kappa shape index (κ3) is 3.94. The number of nitrogens with two attached hydrogens (primary N) is 1. The molecule has 3 heteroatoms. The van der Waals surface area contributed by atoms with E-state index in [2.05, 4.69) is 25.6 Å². The van der Waals surface area contributed by atoms with Crippen LogP contribution in [-0.4, -0.2) is 0 Å². The van der Waals surface area contributed by atoms with Gasteiger partial charge in [0.15, 0.2) is 0 Å². The van der Waals surface area contributed by atoms with Crippen molar-refractivity contribution in [2.24, 2.45) is 5.73 Å². The molecule has 0 saturated carbocycles. The first-order valence-electron chi connectivity index (χ1n) is 4.06. The van der Waals surface area contributed by atoms with Crippen molar-refractivity contribution in [1.82, 2.24) is 0 Å². The first-order chi connectivity index (χ1) is 5.59. The lowest BCUT2D eigenvalue weighted by molar-refractivity contribution is 0.731. The van der Waals surface area contributed by atoms with Gasteiger partial charge in [-0.05, 0) is 32.4 Å². The number of hydrogen-bond acceptors (Lipinski definition) is 2. The molecule has 1 aromatic heterocycles. The summed E-state index contributed by atoms with van der Waals surface area (Å²) in [6, 6.07) is 4.35. The SMILES string of the molecule is C=C(C)C[C@@H](N)c1ccc(C)s1.Cl. The highest BCUT2D eigenvalue weighted by Gasteiger charge is 2.07. The Hall–Kier alpha value is -0.310. The molecule has 1 aromatic rings. The van der Waals surface area contributed by atoms with E-state index in [1.807, 2.05) is 6.92 Å². The van der Waals surface area contributed by atoms with Crippen LogP contribution in [0.4, 0.5) is 0 Å². The maximum Gasteiger partial charge on any atom is 0.0427 e. The molecule has 0 aliphatic carbocycles. The van der Waals surface area contributed by atoms with Gasteiger partial charge in [0.25, 0.3) is 0 Å². The Morgan fingerprint density at radius 3 is 2.62 bits per heavy atom. The van der Waals surface area contributed by atoms with Crippen LogP contribution in [0, 0.1) is 6.92 Å². The van der Waals surface area contributed by atoms with Crippen LogP contribution in [0.25, 0.3) is 0 Å². The van der Waals surface area contributed by atoms with E-state index in [0.717, 1.165) is 12.0 Å². The average molecular weight is 218 g/mol. The quantitative estimate of drug-likeness (QED) is 0.772. The number of aryl methyl sites for hydroxylation is 1. The number of thiophene rings is 1. The van der Waals surface area contributed by atoms with Gasteiger partial charge in [-0.15, -0.1) is 30.3 Å². The second-order valence-electron chi connectivity index (χ2n) is 3.22. The fourth-order valence-electron chi connectivity index (χ4n) is 1.13. The van der Waals surface area contributed by atoms with Crippen molar-refractivity contribution in [3.63, 3.8) is 0 Å². The summed E-state index contributed by atoms with van der Waals surface area (Å²) < 4.78 is 0. The Balaban J connectivity index is 0.00000144. The van der Waals surface area contributed by atoms with Crippen molar-refractivity contribution in [2.45, 2.75) is 26.3 Å². The van der Waals surface area contributed by atoms with Crippen LogP contribution in [0.15, 0.2) is 24.3 Å². The minimum Gasteiger partial charge on any atom is -0.323 e. The van der Waals surface area contributed by atoms with Crippen molar-refractivity contribution in [3.05, 3.63) is 34.0 Å². The highest BCUT2D eigenvalue weighted by atomic mass is 35.5. The maximum absolute atomic E-state index is 5.96. The predicted molar refractivity (Wildman–Crippen MR) is 62.7 cm³/mol. The molecule has 0 bridgehead atoms. The normalized spacial score (nSPS) is 11.9. The fraction of sp³-hybridized carbons (Fsp3) is 0.400. The van der Waals surface area contributed by atoms with Crippen molar-refractivity contribution in [3.8, 4) is 0 Å². The lowest BCUT2D eigenvalue weighted by Crippen LogP contribution is -2.08. The summed E-state index contributed by atoms with van der Waals surface area (Å²) in [5.74, 6) is 0. The van der Waals surface area contributed by atoms with E-state index in [4.69, 9.17) is 5.73 Å². The van der Waals surface area contributed by atoms with Crippen LogP contribution in [0.1, 0.15) is 29.1 Å². The van der Waals surface area contributed by atoms with Gasteiger partial charge in [0.1, 0.15) is 0 Å². The van der Waals surface area contributed by atoms with E-state index in [1.54, 1.807) is 11.3 Å². The van der Waals surface area contributed by atoms with Gasteiger partial charge >= 0.3 is 0 Å². The molecule has 0 radical (unpaired) electrons. The Morgan fingerprint density at radius 1 is 1.62 bits per heavy atom. The molecule has 13 heavy (non-hydrogen) atoms. The highest BCUT2D eigenvalue weighted by Crippen LogP contribution is 2.24. The summed E-state index contributed by atoms with van der Waals surface area (Å²) in [5.41, 5.74) is 7.11. The predicted octanol–water partition coefficient (Wildman–Crippen LogP) is 3.44. The minimum atomic E-state index is 0. The van der Waals surface area contributed by atoms with E-state index in [0.29, 0.717) is 0 Å². The molecule has 0 aliphatic rings. The zero-order valence-corrected chi connectivity index (χ0v) is 9.67. The molecule has 0 aromatic carbocycles. The van der Waals surface area contributed by atoms with E-state index in [-0.39, 0.29) is 18.4 Å². The Kier molecular flexibility index (Phi) is 5.30. The molecule has 1 nitrogen and oxygen atoms in total. The van der Waals surface area contributed by atoms with E-state index >= 15 is 0 Å². The van der Waals surface area contributed by atoms with Gasteiger partial charge < -0.3 is 5.73 Å². The van der Waals surface area contributed by atoms with Gasteiger partial charge in [-0.1, -0.05) is 5.57 Å². The second kappa shape index (κ2) is 5.43. The summed E-state index contributed by atoms with van der Waals surface area (Å²) in [5, 5.41) is 0. The molecule has 1 heterocycles. The third-order valence-corrected chi connectivity index (χ3v) is 2.83. The van der Waals surface area contributed by atoms with Crippen molar-refractivity contribution in [2.75, 3.05) is 0 Å². The molecule has 0 fully saturated rings. The van der Waals surface area contributed by atoms with Gasteiger partial charge in [0.05, 0.1) is 0 Å². The first kappa shape index (κ1) is 12.7. The van der Waals surface area contributed by atoms with Crippen molar-refractivity contribution < 1.29 is 0 Å². The zero-order valence-electron chi connectivity index (χ0n) is 8.04. The van der Waals surface area contributed by atoms with Crippen LogP contribution < -0.4 is 5.73 Å². The third-order valence-electron chi connectivity index (χ3n) is 1.69. The molecular formula is C10H16ClNS. The fourth-order valence-corrected chi connectivity index (χ4v) is 2.01. The summed E-state index contributed by atoms with van der Waals surface area (Å²) in [6.45, 7) is 7.97. The van der Waals surface area contributed by atoms with Crippen LogP contribution in [0.5, 0.6) is 0 Å². The van der Waals surface area contributed by atoms with Crippen molar-refractivity contribution >= 4 is 23.7 Å². The van der Waals surface area contributed by atoms with Gasteiger partial charge in [-0.3, -0.25) is 0 Å². The molecule has 1 atom stereocenters. The number of halogens is 1. The summed E-state index contributed by atoms with van der Waals surface area (Å²) >= 11 is 1.77. The average Bonchev–Trinajstić information content (AvgIpc) is 2.34. The standard InChI is InChI=1S/C10H15NS.ClH/c1-7(2)6-9(11)10-5-4-8(3)12-10;/h4-5,9H,1,6,11H2,2-3H3;1H/t9-;/m1./s1. The first-order valence-corrected chi connectivity index (χ1v) is 4.87. The summed E-state index contributed by atoms with van der Waals surface area (Å²) in [4.78, 5) is 2.58. The van der Waals surface area contributed by atoms with Crippen LogP contribution >= 0.6 is 23.7 Å². The van der Waals surface area contributed by atoms with E-state index in [1.165, 1.54) is 9.75 Å². The van der Waals surface area contributed by atoms with Crippen LogP contribution in [0.2, 0.25) is 0 Å². The molecule has 1 rings (SSSR count). The summed E-state index contributed by atoms with van der Waals surface area (Å²) in [6.07, 6.45) is 0.889. The van der Waals surface area contributed by atoms with Gasteiger partial charge in [0, 0.05) is 15.8 Å². The Morgan fingerprint density at radius 2 is 2.23 bits per heavy atom. The van der Waals surface area contributed by atoms with Gasteiger partial charge in [-0.25, -0.2) is 0 Å². The van der Waals surface area contributed by atoms with E-state index in [9.17, 15) is 0 Å². The lowest BCUT2D eigenvalue weighted by Gasteiger charge is -2.07. The topological polar surface area (TPSA) is 26.0 Å². The Labute approximate surface area is 90.1 Å². The molecule has 0 spiro atoms. The summed E-state index contributed by atoms with van der Waals surface area (Å²) in [7, 11) is 0. The molecular weight excluding hydrogens is 202 g/mol. The van der Waals surface area contributed by atoms with Gasteiger partial charge in [0.2, 0.25) is 0 Å². The van der Waals surface area contributed by atoms with Gasteiger partial charge in [-0.2, -0.15) is 0 Å². The largest absolute Gasteiger partial charge is 0.323 e. The molecule has 2 N–H and O–H groups in total. The number of rotatable bonds is 3. The van der Waals surface area contributed by atoms with Crippen LogP contribution in [-0.2, 0) is 0 Å². The van der Waals surface area contributed by atoms with Crippen molar-refractivity contribution in [1.29, 1.82) is 0 Å². The number of hydrogen-bond donors (Lipinski definition) is 1. The molecule has 74 valence electrons. The monoisotopic (exact) mass is 217 g/mol. The lowest BCUT2D eigenvalue weighted by atomic mass is 10.1. The molecule has 0 unspecified atom stereocenters. The zero-order chi connectivity index (χ0) is 9.14. The smallest absolute Gasteiger partial charge is 0.0427 e. The second-order valence-corrected chi connectivity index (χ2v) is 4.54. The highest BCUT2D eigenvalue weighted by molar-refractivity contribution is 7.12. The molecule has 0 aliphatic heterocycles. The van der Waals surface area contributed by atoms with E-state index < -0.39 is 0 Å². The van der Waals surface area contributed by atoms with Crippen LogP contribution in [0.3, 0.4) is 0 Å². The molecule has 0 saturated heterocycles. The Bertz CT molecular complexity index is 280. The maximum atomic E-state index is 5.96.